The average molecular weight is 378 g/mol. The molecule has 9 nitrogen and oxygen atoms in total. The molecule has 0 amide bonds. The van der Waals surface area contributed by atoms with Crippen LogP contribution < -0.4 is 0 Å². The van der Waals surface area contributed by atoms with Crippen molar-refractivity contribution in [1.29, 1.82) is 0 Å². The fourth-order valence-electron chi connectivity index (χ4n) is 2.53. The maximum absolute atomic E-state index is 10.5. The molecule has 0 aromatic carbocycles. The Morgan fingerprint density at radius 2 is 1.25 bits per heavy atom. The highest BCUT2D eigenvalue weighted by molar-refractivity contribution is 5.71. The van der Waals surface area contributed by atoms with Crippen LogP contribution in [0.5, 0.6) is 0 Å². The molecule has 0 N–H and O–H groups in total. The number of aromatic nitrogens is 8. The fourth-order valence-corrected chi connectivity index (χ4v) is 2.53. The lowest BCUT2D eigenvalue weighted by molar-refractivity contribution is 0.111. The number of hydrogen-bond donors (Lipinski definition) is 0. The lowest BCUT2D eigenvalue weighted by Crippen LogP contribution is -2.02. The summed E-state index contributed by atoms with van der Waals surface area (Å²) in [7, 11) is 0. The fraction of sp³-hybridized carbons (Fsp3) is 0.316. The molecule has 4 aromatic rings. The van der Waals surface area contributed by atoms with Gasteiger partial charge in [-0.05, 0) is 30.3 Å². The monoisotopic (exact) mass is 378 g/mol. The molecular formula is C19H22N8O. The van der Waals surface area contributed by atoms with Gasteiger partial charge in [-0.15, -0.1) is 20.4 Å². The van der Waals surface area contributed by atoms with Gasteiger partial charge in [0.2, 0.25) is 0 Å². The molecule has 0 saturated heterocycles. The molecule has 0 radical (unpaired) electrons. The first kappa shape index (κ1) is 19.3. The summed E-state index contributed by atoms with van der Waals surface area (Å²) in [6, 6.07) is 7.13. The van der Waals surface area contributed by atoms with Crippen molar-refractivity contribution in [2.45, 2.75) is 39.5 Å². The van der Waals surface area contributed by atoms with E-state index in [1.807, 2.05) is 26.0 Å². The van der Waals surface area contributed by atoms with Crippen LogP contribution in [0.3, 0.4) is 0 Å². The van der Waals surface area contributed by atoms with Gasteiger partial charge >= 0.3 is 0 Å². The van der Waals surface area contributed by atoms with Crippen molar-refractivity contribution in [3.63, 3.8) is 0 Å². The molecule has 28 heavy (non-hydrogen) atoms. The third kappa shape index (κ3) is 3.78. The van der Waals surface area contributed by atoms with Gasteiger partial charge in [0.25, 0.3) is 0 Å². The Hall–Kier alpha value is -3.49. The molecular weight excluding hydrogens is 356 g/mol. The lowest BCUT2D eigenvalue weighted by atomic mass is 10.2. The van der Waals surface area contributed by atoms with E-state index in [-0.39, 0.29) is 5.92 Å². The zero-order valence-electron chi connectivity index (χ0n) is 16.3. The Kier molecular flexibility index (Phi) is 5.53. The minimum Gasteiger partial charge on any atom is -0.296 e. The van der Waals surface area contributed by atoms with E-state index in [0.29, 0.717) is 23.5 Å². The molecule has 4 rings (SSSR count). The van der Waals surface area contributed by atoms with Crippen LogP contribution in [-0.2, 0) is 0 Å². The standard InChI is InChI=1S/C10H12N4.C9H10N4O/c1-4-8-5-6-9-11-12-10(7(2)3)14(9)13-8;1-6(2)9-11-10-8-4-3-7(5-14)12-13(8)9/h4-7H,1H2,2-3H3;3-6H,1-2H3. The quantitative estimate of drug-likeness (QED) is 0.503. The van der Waals surface area contributed by atoms with Gasteiger partial charge in [-0.3, -0.25) is 4.79 Å². The Labute approximate surface area is 162 Å². The Bertz CT molecular complexity index is 1040. The first-order chi connectivity index (χ1) is 13.4. The summed E-state index contributed by atoms with van der Waals surface area (Å²) in [5.41, 5.74) is 2.66. The number of nitrogens with zero attached hydrogens (tertiary/aromatic N) is 8. The summed E-state index contributed by atoms with van der Waals surface area (Å²) in [6.45, 7) is 11.8. The predicted octanol–water partition coefficient (Wildman–Crippen LogP) is 2.95. The summed E-state index contributed by atoms with van der Waals surface area (Å²) in [5, 5.41) is 24.5. The van der Waals surface area contributed by atoms with E-state index in [1.165, 1.54) is 0 Å². The zero-order chi connectivity index (χ0) is 20.3. The second kappa shape index (κ2) is 8.03. The number of carbonyl (C=O) groups excluding carboxylic acids is 1. The Morgan fingerprint density at radius 1 is 0.786 bits per heavy atom. The maximum atomic E-state index is 10.5. The van der Waals surface area contributed by atoms with E-state index in [2.05, 4.69) is 51.0 Å². The second-order valence-electron chi connectivity index (χ2n) is 6.80. The summed E-state index contributed by atoms with van der Waals surface area (Å²) in [4.78, 5) is 10.5. The lowest BCUT2D eigenvalue weighted by Gasteiger charge is -2.01. The van der Waals surface area contributed by atoms with Gasteiger partial charge in [0.05, 0.1) is 5.69 Å². The van der Waals surface area contributed by atoms with Crippen molar-refractivity contribution in [2.24, 2.45) is 0 Å². The van der Waals surface area contributed by atoms with E-state index < -0.39 is 0 Å². The number of hydrogen-bond acceptors (Lipinski definition) is 7. The molecule has 144 valence electrons. The summed E-state index contributed by atoms with van der Waals surface area (Å²) < 4.78 is 3.37. The van der Waals surface area contributed by atoms with E-state index in [4.69, 9.17) is 0 Å². The second-order valence-corrected chi connectivity index (χ2v) is 6.80. The normalized spacial score (nSPS) is 11.1. The van der Waals surface area contributed by atoms with Crippen molar-refractivity contribution in [3.05, 3.63) is 53.9 Å². The molecule has 0 aliphatic rings. The summed E-state index contributed by atoms with van der Waals surface area (Å²) >= 11 is 0. The van der Waals surface area contributed by atoms with E-state index in [0.717, 1.165) is 23.0 Å². The maximum Gasteiger partial charge on any atom is 0.177 e. The van der Waals surface area contributed by atoms with Crippen molar-refractivity contribution in [2.75, 3.05) is 0 Å². The molecule has 0 unspecified atom stereocenters. The van der Waals surface area contributed by atoms with E-state index in [1.54, 1.807) is 27.2 Å². The van der Waals surface area contributed by atoms with Crippen LogP contribution in [0.2, 0.25) is 0 Å². The third-order valence-corrected chi connectivity index (χ3v) is 3.98. The molecule has 0 atom stereocenters. The Balaban J connectivity index is 0.000000161. The highest BCUT2D eigenvalue weighted by Crippen LogP contribution is 2.13. The largest absolute Gasteiger partial charge is 0.296 e. The highest BCUT2D eigenvalue weighted by atomic mass is 16.1. The van der Waals surface area contributed by atoms with Gasteiger partial charge in [0, 0.05) is 11.8 Å². The van der Waals surface area contributed by atoms with E-state index in [9.17, 15) is 4.79 Å². The minimum absolute atomic E-state index is 0.236. The smallest absolute Gasteiger partial charge is 0.177 e. The third-order valence-electron chi connectivity index (χ3n) is 3.98. The number of fused-ring (bicyclic) bond motifs is 2. The van der Waals surface area contributed by atoms with Gasteiger partial charge in [0.1, 0.15) is 5.69 Å². The predicted molar refractivity (Wildman–Crippen MR) is 105 cm³/mol. The highest BCUT2D eigenvalue weighted by Gasteiger charge is 2.11. The topological polar surface area (TPSA) is 103 Å². The molecule has 4 heterocycles. The number of rotatable bonds is 4. The number of aldehydes is 1. The van der Waals surface area contributed by atoms with Crippen LogP contribution in [0, 0.1) is 0 Å². The molecule has 4 aromatic heterocycles. The van der Waals surface area contributed by atoms with Gasteiger partial charge in [-0.1, -0.05) is 34.3 Å². The Morgan fingerprint density at radius 3 is 1.68 bits per heavy atom. The van der Waals surface area contributed by atoms with Crippen molar-refractivity contribution in [1.82, 2.24) is 39.6 Å². The van der Waals surface area contributed by atoms with Crippen LogP contribution in [0.4, 0.5) is 0 Å². The molecule has 0 aliphatic heterocycles. The SMILES string of the molecule is C=Cc1ccc2nnc(C(C)C)n2n1.CC(C)c1nnc2ccc(C=O)nn12. The van der Waals surface area contributed by atoms with Crippen LogP contribution in [0.25, 0.3) is 17.4 Å². The van der Waals surface area contributed by atoms with Crippen molar-refractivity contribution < 1.29 is 4.79 Å². The first-order valence-corrected chi connectivity index (χ1v) is 8.97. The molecule has 0 aliphatic carbocycles. The van der Waals surface area contributed by atoms with Gasteiger partial charge in [0.15, 0.2) is 29.2 Å². The minimum atomic E-state index is 0.236. The van der Waals surface area contributed by atoms with Crippen LogP contribution >= 0.6 is 0 Å². The van der Waals surface area contributed by atoms with Crippen LogP contribution in [0.1, 0.15) is 67.4 Å². The molecule has 0 spiro atoms. The van der Waals surface area contributed by atoms with Crippen molar-refractivity contribution >= 4 is 23.7 Å². The first-order valence-electron chi connectivity index (χ1n) is 8.97. The zero-order valence-corrected chi connectivity index (χ0v) is 16.3. The van der Waals surface area contributed by atoms with Gasteiger partial charge in [-0.25, -0.2) is 0 Å². The van der Waals surface area contributed by atoms with Crippen molar-refractivity contribution in [3.8, 4) is 0 Å². The van der Waals surface area contributed by atoms with Crippen LogP contribution in [-0.4, -0.2) is 45.9 Å². The number of carbonyl (C=O) groups is 1. The summed E-state index contributed by atoms with van der Waals surface area (Å²) in [5.74, 6) is 2.20. The summed E-state index contributed by atoms with van der Waals surface area (Å²) in [6.07, 6.45) is 2.42. The average Bonchev–Trinajstić information content (AvgIpc) is 3.31. The molecule has 9 heteroatoms. The van der Waals surface area contributed by atoms with E-state index >= 15 is 0 Å². The van der Waals surface area contributed by atoms with Crippen LogP contribution in [0.15, 0.2) is 30.8 Å². The molecule has 0 bridgehead atoms. The van der Waals surface area contributed by atoms with Gasteiger partial charge in [-0.2, -0.15) is 19.2 Å². The molecule has 0 fully saturated rings. The van der Waals surface area contributed by atoms with Gasteiger partial charge < -0.3 is 0 Å². The molecule has 0 saturated carbocycles.